The fourth-order valence-electron chi connectivity index (χ4n) is 5.59. The normalized spacial score (nSPS) is 27.8. The van der Waals surface area contributed by atoms with E-state index in [4.69, 9.17) is 5.73 Å². The third-order valence-corrected chi connectivity index (χ3v) is 7.09. The Morgan fingerprint density at radius 3 is 2.44 bits per heavy atom. The number of anilines is 2. The van der Waals surface area contributed by atoms with E-state index in [-0.39, 0.29) is 0 Å². The van der Waals surface area contributed by atoms with Crippen LogP contribution in [-0.4, -0.2) is 16.0 Å². The highest BCUT2D eigenvalue weighted by atomic mass is 15.1. The van der Waals surface area contributed by atoms with E-state index in [0.717, 1.165) is 36.2 Å². The number of nitrogens with zero attached hydrogens (tertiary/aromatic N) is 2. The molecule has 2 aromatic rings. The van der Waals surface area contributed by atoms with Crippen LogP contribution >= 0.6 is 0 Å². The Hall–Kier alpha value is -2.10. The van der Waals surface area contributed by atoms with Crippen molar-refractivity contribution in [3.8, 4) is 0 Å². The van der Waals surface area contributed by atoms with Crippen LogP contribution in [0.5, 0.6) is 0 Å². The summed E-state index contributed by atoms with van der Waals surface area (Å²) in [7, 11) is 0. The van der Waals surface area contributed by atoms with Crippen molar-refractivity contribution in [3.05, 3.63) is 47.2 Å². The van der Waals surface area contributed by atoms with Crippen LogP contribution in [0, 0.1) is 11.8 Å². The minimum absolute atomic E-state index is 0.341. The number of benzene rings is 1. The minimum Gasteiger partial charge on any atom is -0.368 e. The molecule has 0 radical (unpaired) electrons. The maximum Gasteiger partial charge on any atom is 0.222 e. The monoisotopic (exact) mass is 362 g/mol. The van der Waals surface area contributed by atoms with Crippen LogP contribution in [0.15, 0.2) is 30.3 Å². The van der Waals surface area contributed by atoms with Crippen LogP contribution in [-0.2, 0) is 6.42 Å². The lowest BCUT2D eigenvalue weighted by atomic mass is 9.71. The summed E-state index contributed by atoms with van der Waals surface area (Å²) in [4.78, 5) is 9.30. The van der Waals surface area contributed by atoms with Gasteiger partial charge in [-0.2, -0.15) is 4.98 Å². The van der Waals surface area contributed by atoms with Crippen LogP contribution in [0.3, 0.4) is 0 Å². The summed E-state index contributed by atoms with van der Waals surface area (Å²) in [5.41, 5.74) is 9.91. The third kappa shape index (κ3) is 3.30. The summed E-state index contributed by atoms with van der Waals surface area (Å²) in [5.74, 6) is 3.67. The van der Waals surface area contributed by atoms with Crippen LogP contribution in [0.25, 0.3) is 0 Å². The van der Waals surface area contributed by atoms with Crippen molar-refractivity contribution in [2.45, 2.75) is 69.7 Å². The molecule has 0 bridgehead atoms. The number of hydrogen-bond donors (Lipinski definition) is 2. The lowest BCUT2D eigenvalue weighted by molar-refractivity contribution is 0.189. The maximum atomic E-state index is 6.12. The molecule has 0 aliphatic heterocycles. The van der Waals surface area contributed by atoms with Crippen molar-refractivity contribution in [2.24, 2.45) is 11.8 Å². The highest BCUT2D eigenvalue weighted by molar-refractivity contribution is 5.54. The Morgan fingerprint density at radius 1 is 0.889 bits per heavy atom. The number of rotatable bonds is 4. The van der Waals surface area contributed by atoms with Crippen LogP contribution < -0.4 is 11.1 Å². The first-order valence-corrected chi connectivity index (χ1v) is 10.8. The summed E-state index contributed by atoms with van der Waals surface area (Å²) in [6.45, 7) is 0. The highest BCUT2D eigenvalue weighted by Crippen LogP contribution is 2.44. The zero-order valence-corrected chi connectivity index (χ0v) is 16.0. The largest absolute Gasteiger partial charge is 0.368 e. The smallest absolute Gasteiger partial charge is 0.222 e. The predicted molar refractivity (Wildman–Crippen MR) is 110 cm³/mol. The van der Waals surface area contributed by atoms with Gasteiger partial charge in [-0.15, -0.1) is 0 Å². The molecule has 5 rings (SSSR count). The Kier molecular flexibility index (Phi) is 4.50. The first-order valence-electron chi connectivity index (χ1n) is 10.8. The van der Waals surface area contributed by atoms with Gasteiger partial charge in [-0.05, 0) is 49.5 Å². The van der Waals surface area contributed by atoms with Crippen molar-refractivity contribution >= 4 is 11.8 Å². The molecular formula is C23H30N4. The average Bonchev–Trinajstić information content (AvgIpc) is 3.18. The molecule has 1 heterocycles. The molecule has 1 aromatic heterocycles. The number of fused-ring (bicyclic) bond motifs is 1. The van der Waals surface area contributed by atoms with Gasteiger partial charge in [0.1, 0.15) is 5.82 Å². The van der Waals surface area contributed by atoms with Crippen molar-refractivity contribution in [3.63, 3.8) is 0 Å². The molecule has 2 fully saturated rings. The standard InChI is InChI=1S/C23H30N4/c24-23-26-21-19(16-9-2-1-3-10-16)11-6-12-20(21)22(27-23)25-18-13-17(14-18)15-7-4-5-8-15/h1-3,9-10,15,17-19H,4-8,11-14H2,(H3,24,25,26,27)/t17-,18-,19?. The van der Waals surface area contributed by atoms with E-state index >= 15 is 0 Å². The SMILES string of the molecule is Nc1nc(N[C@H]2C[C@H](C3CCCC3)C2)c2c(n1)C(c1ccccc1)CCC2. The van der Waals surface area contributed by atoms with Crippen molar-refractivity contribution in [1.82, 2.24) is 9.97 Å². The second kappa shape index (κ2) is 7.14. The van der Waals surface area contributed by atoms with Crippen LogP contribution in [0.2, 0.25) is 0 Å². The molecule has 4 heteroatoms. The Bertz CT molecular complexity index is 792. The number of aromatic nitrogens is 2. The van der Waals surface area contributed by atoms with E-state index < -0.39 is 0 Å². The zero-order valence-electron chi connectivity index (χ0n) is 16.0. The van der Waals surface area contributed by atoms with Crippen molar-refractivity contribution in [2.75, 3.05) is 11.1 Å². The van der Waals surface area contributed by atoms with Gasteiger partial charge in [0.15, 0.2) is 0 Å². The Balaban J connectivity index is 1.36. The van der Waals surface area contributed by atoms with Gasteiger partial charge in [0.2, 0.25) is 5.95 Å². The molecule has 3 aliphatic carbocycles. The van der Waals surface area contributed by atoms with E-state index in [1.54, 1.807) is 0 Å². The molecule has 2 saturated carbocycles. The molecule has 1 unspecified atom stereocenters. The molecular weight excluding hydrogens is 332 g/mol. The molecule has 4 nitrogen and oxygen atoms in total. The van der Waals surface area contributed by atoms with Gasteiger partial charge >= 0.3 is 0 Å². The number of nitrogens with one attached hydrogen (secondary N) is 1. The maximum absolute atomic E-state index is 6.12. The number of nitrogen functional groups attached to an aromatic ring is 1. The van der Waals surface area contributed by atoms with E-state index in [1.807, 2.05) is 0 Å². The zero-order chi connectivity index (χ0) is 18.2. The van der Waals surface area contributed by atoms with Gasteiger partial charge in [-0.1, -0.05) is 56.0 Å². The van der Waals surface area contributed by atoms with Gasteiger partial charge in [0.25, 0.3) is 0 Å². The van der Waals surface area contributed by atoms with Crippen LogP contribution in [0.1, 0.15) is 74.1 Å². The third-order valence-electron chi connectivity index (χ3n) is 7.09. The van der Waals surface area contributed by atoms with Gasteiger partial charge < -0.3 is 11.1 Å². The molecule has 1 atom stereocenters. The van der Waals surface area contributed by atoms with Gasteiger partial charge in [0, 0.05) is 17.5 Å². The van der Waals surface area contributed by atoms with Crippen molar-refractivity contribution in [1.29, 1.82) is 0 Å². The van der Waals surface area contributed by atoms with Crippen molar-refractivity contribution < 1.29 is 0 Å². The first-order chi connectivity index (χ1) is 13.3. The summed E-state index contributed by atoms with van der Waals surface area (Å²) in [6, 6.07) is 11.3. The molecule has 1 aromatic carbocycles. The lowest BCUT2D eigenvalue weighted by Gasteiger charge is -2.40. The Morgan fingerprint density at radius 2 is 1.67 bits per heavy atom. The van der Waals surface area contributed by atoms with E-state index in [1.165, 1.54) is 56.1 Å². The molecule has 3 N–H and O–H groups in total. The average molecular weight is 363 g/mol. The van der Waals surface area contributed by atoms with E-state index in [9.17, 15) is 0 Å². The lowest BCUT2D eigenvalue weighted by Crippen LogP contribution is -2.39. The molecule has 0 spiro atoms. The minimum atomic E-state index is 0.341. The van der Waals surface area contributed by atoms with E-state index in [0.29, 0.717) is 17.9 Å². The number of nitrogens with two attached hydrogens (primary N) is 1. The summed E-state index contributed by atoms with van der Waals surface area (Å²) < 4.78 is 0. The molecule has 0 saturated heterocycles. The quantitative estimate of drug-likeness (QED) is 0.811. The summed E-state index contributed by atoms with van der Waals surface area (Å²) >= 11 is 0. The molecule has 3 aliphatic rings. The van der Waals surface area contributed by atoms with Gasteiger partial charge in [-0.25, -0.2) is 4.98 Å². The van der Waals surface area contributed by atoms with E-state index in [2.05, 4.69) is 45.6 Å². The molecule has 27 heavy (non-hydrogen) atoms. The summed E-state index contributed by atoms with van der Waals surface area (Å²) in [5, 5.41) is 3.74. The predicted octanol–water partition coefficient (Wildman–Crippen LogP) is 4.91. The Labute approximate surface area is 162 Å². The fraction of sp³-hybridized carbons (Fsp3) is 0.565. The molecule has 0 amide bonds. The van der Waals surface area contributed by atoms with Crippen LogP contribution in [0.4, 0.5) is 11.8 Å². The second-order valence-corrected chi connectivity index (χ2v) is 8.77. The van der Waals surface area contributed by atoms with Gasteiger partial charge in [0.05, 0.1) is 5.69 Å². The number of hydrogen-bond acceptors (Lipinski definition) is 4. The topological polar surface area (TPSA) is 63.8 Å². The van der Waals surface area contributed by atoms with Gasteiger partial charge in [-0.3, -0.25) is 0 Å². The fourth-order valence-corrected chi connectivity index (χ4v) is 5.59. The molecule has 142 valence electrons. The highest BCUT2D eigenvalue weighted by Gasteiger charge is 2.37. The second-order valence-electron chi connectivity index (χ2n) is 8.77. The summed E-state index contributed by atoms with van der Waals surface area (Å²) in [6.07, 6.45) is 11.8. The first kappa shape index (κ1) is 17.0.